The zero-order chi connectivity index (χ0) is 23.2. The van der Waals surface area contributed by atoms with Gasteiger partial charge in [0.25, 0.3) is 0 Å². The minimum atomic E-state index is -0.0379. The van der Waals surface area contributed by atoms with E-state index in [0.29, 0.717) is 29.9 Å². The Morgan fingerprint density at radius 2 is 1.79 bits per heavy atom. The number of carbonyl (C=O) groups excluding carboxylic acids is 1. The number of hydrogen-bond acceptors (Lipinski definition) is 4. The number of nitrogens with zero attached hydrogens (tertiary/aromatic N) is 3. The molecular formula is C29H37N3O2. The highest BCUT2D eigenvalue weighted by molar-refractivity contribution is 5.81. The fourth-order valence-electron chi connectivity index (χ4n) is 7.64. The van der Waals surface area contributed by atoms with Crippen LogP contribution in [0.4, 0.5) is 0 Å². The third-order valence-corrected chi connectivity index (χ3v) is 9.03. The number of fused-ring (bicyclic) bond motifs is 6. The number of piperazine rings is 1. The number of allylic oxidation sites excluding steroid dienone is 1. The van der Waals surface area contributed by atoms with Crippen LogP contribution in [-0.2, 0) is 4.79 Å². The average Bonchev–Trinajstić information content (AvgIpc) is 3.55. The molecule has 4 bridgehead atoms. The maximum atomic E-state index is 13.0. The summed E-state index contributed by atoms with van der Waals surface area (Å²) in [5.74, 6) is 0.573. The van der Waals surface area contributed by atoms with E-state index >= 15 is 0 Å². The lowest BCUT2D eigenvalue weighted by Crippen LogP contribution is -2.61. The summed E-state index contributed by atoms with van der Waals surface area (Å²) < 4.78 is 0. The molecule has 6 atom stereocenters. The molecule has 5 aliphatic rings. The molecule has 1 amide bonds. The van der Waals surface area contributed by atoms with E-state index in [4.69, 9.17) is 0 Å². The van der Waals surface area contributed by atoms with E-state index in [-0.39, 0.29) is 17.9 Å². The van der Waals surface area contributed by atoms with Crippen LogP contribution < -0.4 is 0 Å². The number of likely N-dealkylation sites (tertiary alicyclic amines) is 1. The smallest absolute Gasteiger partial charge is 0.229 e. The van der Waals surface area contributed by atoms with Gasteiger partial charge >= 0.3 is 0 Å². The van der Waals surface area contributed by atoms with E-state index in [1.54, 1.807) is 6.07 Å². The van der Waals surface area contributed by atoms with Crippen LogP contribution in [0.25, 0.3) is 0 Å². The Kier molecular flexibility index (Phi) is 5.86. The van der Waals surface area contributed by atoms with Gasteiger partial charge in [-0.25, -0.2) is 0 Å². The summed E-state index contributed by atoms with van der Waals surface area (Å²) >= 11 is 0. The molecule has 1 aliphatic carbocycles. The first-order valence-electron chi connectivity index (χ1n) is 13.3. The van der Waals surface area contributed by atoms with Crippen LogP contribution in [-0.4, -0.2) is 69.5 Å². The Bertz CT molecular complexity index is 990. The average molecular weight is 460 g/mol. The van der Waals surface area contributed by atoms with Gasteiger partial charge < -0.3 is 10.0 Å². The van der Waals surface area contributed by atoms with Crippen molar-refractivity contribution in [1.29, 1.82) is 0 Å². The molecule has 0 saturated carbocycles. The van der Waals surface area contributed by atoms with Gasteiger partial charge in [-0.1, -0.05) is 36.4 Å². The number of phenols is 1. The summed E-state index contributed by atoms with van der Waals surface area (Å²) in [5, 5.41) is 10.3. The maximum absolute atomic E-state index is 13.0. The largest absolute Gasteiger partial charge is 0.508 e. The fraction of sp³-hybridized carbons (Fsp3) is 0.552. The van der Waals surface area contributed by atoms with E-state index in [2.05, 4.69) is 46.7 Å². The van der Waals surface area contributed by atoms with E-state index < -0.39 is 0 Å². The second-order valence-corrected chi connectivity index (χ2v) is 10.8. The van der Waals surface area contributed by atoms with Crippen molar-refractivity contribution in [3.8, 4) is 5.75 Å². The minimum absolute atomic E-state index is 0.0379. The Morgan fingerprint density at radius 3 is 2.41 bits per heavy atom. The summed E-state index contributed by atoms with van der Waals surface area (Å²) in [6, 6.07) is 10.2. The van der Waals surface area contributed by atoms with Gasteiger partial charge in [0, 0.05) is 43.8 Å². The number of rotatable bonds is 6. The van der Waals surface area contributed by atoms with Crippen LogP contribution in [0.15, 0.2) is 60.7 Å². The number of carbonyl (C=O) groups is 1. The normalized spacial score (nSPS) is 33.8. The molecule has 5 nitrogen and oxygen atoms in total. The van der Waals surface area contributed by atoms with Crippen LogP contribution in [0.2, 0.25) is 0 Å². The highest BCUT2D eigenvalue weighted by Gasteiger charge is 2.56. The summed E-state index contributed by atoms with van der Waals surface area (Å²) in [4.78, 5) is 20.5. The molecule has 180 valence electrons. The van der Waals surface area contributed by atoms with Gasteiger partial charge in [0.2, 0.25) is 5.91 Å². The molecule has 4 fully saturated rings. The summed E-state index contributed by atoms with van der Waals surface area (Å²) in [6.07, 6.45) is 16.8. The van der Waals surface area contributed by atoms with E-state index in [9.17, 15) is 9.90 Å². The number of aromatic hydroxyl groups is 1. The van der Waals surface area contributed by atoms with Gasteiger partial charge in [-0.2, -0.15) is 0 Å². The Morgan fingerprint density at radius 1 is 1.09 bits per heavy atom. The molecule has 4 aliphatic heterocycles. The van der Waals surface area contributed by atoms with Gasteiger partial charge in [-0.3, -0.25) is 14.6 Å². The number of amides is 1. The lowest BCUT2D eigenvalue weighted by molar-refractivity contribution is -0.132. The molecule has 1 aromatic rings. The van der Waals surface area contributed by atoms with Crippen molar-refractivity contribution in [3.05, 3.63) is 66.3 Å². The van der Waals surface area contributed by atoms with E-state index in [1.807, 2.05) is 17.0 Å². The first-order valence-corrected chi connectivity index (χ1v) is 13.3. The fourth-order valence-corrected chi connectivity index (χ4v) is 7.64. The quantitative estimate of drug-likeness (QED) is 0.640. The molecule has 0 aromatic heterocycles. The molecule has 6 unspecified atom stereocenters. The lowest BCUT2D eigenvalue weighted by atomic mass is 9.86. The zero-order valence-electron chi connectivity index (χ0n) is 20.1. The Labute approximate surface area is 203 Å². The molecule has 1 N–H and O–H groups in total. The standard InChI is InChI=1S/C29H37N3O2/c1-2-16-31-24-12-13-25(31)27-15-14-26(24)32(27)28(22-6-5-7-23(33)19-22)20-8-10-21(11-9-20)29(34)30-17-3-4-18-30/h2,5-10,19,21,24-28,33H,1,3-4,11-18H2. The second-order valence-electron chi connectivity index (χ2n) is 10.8. The summed E-state index contributed by atoms with van der Waals surface area (Å²) in [6.45, 7) is 6.83. The van der Waals surface area contributed by atoms with Crippen LogP contribution in [0.5, 0.6) is 5.75 Å². The third kappa shape index (κ3) is 3.64. The predicted octanol–water partition coefficient (Wildman–Crippen LogP) is 4.42. The van der Waals surface area contributed by atoms with E-state index in [1.165, 1.54) is 31.3 Å². The van der Waals surface area contributed by atoms with Crippen molar-refractivity contribution in [2.24, 2.45) is 5.92 Å². The predicted molar refractivity (Wildman–Crippen MR) is 134 cm³/mol. The highest BCUT2D eigenvalue weighted by atomic mass is 16.3. The molecule has 5 heteroatoms. The van der Waals surface area contributed by atoms with E-state index in [0.717, 1.165) is 44.5 Å². The SMILES string of the molecule is C=CCN1C2CCC1C1CCC2N1C(C1=CCC(C(=O)N2CCCC2)C=C1)c1cccc(O)c1. The van der Waals surface area contributed by atoms with Crippen molar-refractivity contribution in [3.63, 3.8) is 0 Å². The van der Waals surface area contributed by atoms with Crippen molar-refractivity contribution in [2.75, 3.05) is 19.6 Å². The lowest BCUT2D eigenvalue weighted by Gasteiger charge is -2.50. The Hall–Kier alpha value is -2.37. The number of phenolic OH excluding ortho intramolecular Hbond substituents is 1. The first-order chi connectivity index (χ1) is 16.7. The molecule has 0 radical (unpaired) electrons. The van der Waals surface area contributed by atoms with Gasteiger partial charge in [-0.05, 0) is 68.2 Å². The molecule has 4 heterocycles. The van der Waals surface area contributed by atoms with Crippen molar-refractivity contribution >= 4 is 5.91 Å². The maximum Gasteiger partial charge on any atom is 0.229 e. The van der Waals surface area contributed by atoms with Crippen LogP contribution in [0.1, 0.15) is 56.6 Å². The molecule has 34 heavy (non-hydrogen) atoms. The highest BCUT2D eigenvalue weighted by Crippen LogP contribution is 2.51. The first kappa shape index (κ1) is 22.1. The van der Waals surface area contributed by atoms with Gasteiger partial charge in [-0.15, -0.1) is 6.58 Å². The van der Waals surface area contributed by atoms with Crippen molar-refractivity contribution in [1.82, 2.24) is 14.7 Å². The zero-order valence-corrected chi connectivity index (χ0v) is 20.1. The van der Waals surface area contributed by atoms with Crippen molar-refractivity contribution < 1.29 is 9.90 Å². The number of benzene rings is 1. The summed E-state index contributed by atoms with van der Waals surface area (Å²) in [5.41, 5.74) is 2.44. The topological polar surface area (TPSA) is 47.0 Å². The second kappa shape index (κ2) is 9.01. The van der Waals surface area contributed by atoms with Crippen LogP contribution in [0.3, 0.4) is 0 Å². The molecule has 4 saturated heterocycles. The van der Waals surface area contributed by atoms with Crippen LogP contribution in [0, 0.1) is 5.92 Å². The molecule has 6 rings (SSSR count). The third-order valence-electron chi connectivity index (χ3n) is 9.03. The number of hydrogen-bond donors (Lipinski definition) is 1. The minimum Gasteiger partial charge on any atom is -0.508 e. The molecular weight excluding hydrogens is 422 g/mol. The van der Waals surface area contributed by atoms with Gasteiger partial charge in [0.1, 0.15) is 5.75 Å². The van der Waals surface area contributed by atoms with Crippen LogP contribution >= 0.6 is 0 Å². The van der Waals surface area contributed by atoms with Gasteiger partial charge in [0.05, 0.1) is 12.0 Å². The Balaban J connectivity index is 1.31. The summed E-state index contributed by atoms with van der Waals surface area (Å²) in [7, 11) is 0. The monoisotopic (exact) mass is 459 g/mol. The molecule has 0 spiro atoms. The molecule has 1 aromatic carbocycles. The van der Waals surface area contributed by atoms with Gasteiger partial charge in [0.15, 0.2) is 0 Å². The van der Waals surface area contributed by atoms with Crippen molar-refractivity contribution in [2.45, 2.75) is 75.2 Å².